The van der Waals surface area contributed by atoms with Crippen LogP contribution in [0.2, 0.25) is 0 Å². The largest absolute Gasteiger partial charge is 0.494 e. The lowest BCUT2D eigenvalue weighted by Gasteiger charge is -2.22. The van der Waals surface area contributed by atoms with Crippen LogP contribution in [0.3, 0.4) is 0 Å². The van der Waals surface area contributed by atoms with Crippen LogP contribution in [-0.2, 0) is 4.79 Å². The van der Waals surface area contributed by atoms with Gasteiger partial charge in [-0.15, -0.1) is 0 Å². The van der Waals surface area contributed by atoms with E-state index >= 15 is 0 Å². The van der Waals surface area contributed by atoms with E-state index in [1.165, 1.54) is 0 Å². The summed E-state index contributed by atoms with van der Waals surface area (Å²) in [4.78, 5) is 14.3. The van der Waals surface area contributed by atoms with Crippen LogP contribution in [0, 0.1) is 11.3 Å². The quantitative estimate of drug-likeness (QED) is 0.580. The van der Waals surface area contributed by atoms with E-state index in [0.29, 0.717) is 24.6 Å². The van der Waals surface area contributed by atoms with Gasteiger partial charge in [0.15, 0.2) is 6.61 Å². The molecule has 0 saturated carbocycles. The number of nitrogens with zero attached hydrogens (tertiary/aromatic N) is 2. The summed E-state index contributed by atoms with van der Waals surface area (Å²) >= 11 is 0. The van der Waals surface area contributed by atoms with Crippen molar-refractivity contribution in [1.82, 2.24) is 0 Å². The van der Waals surface area contributed by atoms with Gasteiger partial charge in [0.1, 0.15) is 11.5 Å². The molecule has 0 aliphatic carbocycles. The molecule has 0 N–H and O–H groups in total. The number of rotatable bonds is 8. The van der Waals surface area contributed by atoms with Crippen LogP contribution in [0.5, 0.6) is 11.5 Å². The van der Waals surface area contributed by atoms with E-state index in [9.17, 15) is 4.79 Å². The summed E-state index contributed by atoms with van der Waals surface area (Å²) in [6.45, 7) is 2.71. The Bertz CT molecular complexity index is 977. The molecule has 0 atom stereocenters. The molecular weight excluding hydrogens is 352 g/mol. The summed E-state index contributed by atoms with van der Waals surface area (Å²) in [5, 5.41) is 11.1. The molecule has 0 bridgehead atoms. The van der Waals surface area contributed by atoms with Crippen LogP contribution in [-0.4, -0.2) is 25.7 Å². The highest BCUT2D eigenvalue weighted by molar-refractivity contribution is 5.94. The molecule has 5 nitrogen and oxygen atoms in total. The van der Waals surface area contributed by atoms with E-state index in [-0.39, 0.29) is 18.9 Å². The second-order valence-electron chi connectivity index (χ2n) is 6.18. The predicted molar refractivity (Wildman–Crippen MR) is 110 cm³/mol. The fourth-order valence-corrected chi connectivity index (χ4v) is 2.93. The number of carbonyl (C=O) groups is 1. The molecule has 5 heteroatoms. The molecule has 28 heavy (non-hydrogen) atoms. The Hall–Kier alpha value is -3.52. The van der Waals surface area contributed by atoms with Crippen LogP contribution in [0.15, 0.2) is 66.7 Å². The predicted octanol–water partition coefficient (Wildman–Crippen LogP) is 4.56. The lowest BCUT2D eigenvalue weighted by molar-refractivity contribution is -0.120. The zero-order valence-corrected chi connectivity index (χ0v) is 15.8. The highest BCUT2D eigenvalue weighted by atomic mass is 16.5. The van der Waals surface area contributed by atoms with Crippen molar-refractivity contribution in [1.29, 1.82) is 5.26 Å². The van der Waals surface area contributed by atoms with Crippen molar-refractivity contribution in [3.8, 4) is 17.6 Å². The Morgan fingerprint density at radius 2 is 1.68 bits per heavy atom. The monoisotopic (exact) mass is 374 g/mol. The second-order valence-corrected chi connectivity index (χ2v) is 6.18. The van der Waals surface area contributed by atoms with Gasteiger partial charge in [-0.25, -0.2) is 0 Å². The maximum absolute atomic E-state index is 12.8. The molecule has 142 valence electrons. The first kappa shape index (κ1) is 19.2. The van der Waals surface area contributed by atoms with Gasteiger partial charge in [-0.05, 0) is 54.1 Å². The molecule has 3 aromatic carbocycles. The normalized spacial score (nSPS) is 10.3. The molecule has 0 heterocycles. The number of hydrogen-bond acceptors (Lipinski definition) is 4. The van der Waals surface area contributed by atoms with Crippen LogP contribution >= 0.6 is 0 Å². The smallest absolute Gasteiger partial charge is 0.264 e. The Kier molecular flexibility index (Phi) is 6.48. The van der Waals surface area contributed by atoms with Crippen molar-refractivity contribution in [2.45, 2.75) is 13.3 Å². The van der Waals surface area contributed by atoms with Gasteiger partial charge < -0.3 is 14.4 Å². The van der Waals surface area contributed by atoms with E-state index in [0.717, 1.165) is 16.5 Å². The molecule has 3 rings (SSSR count). The average Bonchev–Trinajstić information content (AvgIpc) is 2.73. The lowest BCUT2D eigenvalue weighted by Crippen LogP contribution is -2.35. The summed E-state index contributed by atoms with van der Waals surface area (Å²) in [5.74, 6) is 1.18. The Balaban J connectivity index is 1.70. The Labute approximate surface area is 164 Å². The van der Waals surface area contributed by atoms with Crippen molar-refractivity contribution < 1.29 is 14.3 Å². The molecule has 0 saturated heterocycles. The zero-order valence-electron chi connectivity index (χ0n) is 15.8. The highest BCUT2D eigenvalue weighted by Gasteiger charge is 2.16. The van der Waals surface area contributed by atoms with E-state index in [1.54, 1.807) is 4.90 Å². The number of anilines is 1. The molecular formula is C23H22N2O3. The van der Waals surface area contributed by atoms with Crippen LogP contribution in [0.4, 0.5) is 5.69 Å². The molecule has 0 aliphatic rings. The fraction of sp³-hybridized carbons (Fsp3) is 0.217. The van der Waals surface area contributed by atoms with Crippen molar-refractivity contribution in [2.24, 2.45) is 0 Å². The average molecular weight is 374 g/mol. The number of nitriles is 1. The summed E-state index contributed by atoms with van der Waals surface area (Å²) in [6, 6.07) is 23.1. The SMILES string of the molecule is CCOc1ccc(N(CCC#N)C(=O)COc2ccc3ccccc3c2)cc1. The van der Waals surface area contributed by atoms with Crippen LogP contribution in [0.25, 0.3) is 10.8 Å². The van der Waals surface area contributed by atoms with Crippen LogP contribution < -0.4 is 14.4 Å². The van der Waals surface area contributed by atoms with Crippen molar-refractivity contribution >= 4 is 22.4 Å². The lowest BCUT2D eigenvalue weighted by atomic mass is 10.1. The Morgan fingerprint density at radius 3 is 2.39 bits per heavy atom. The van der Waals surface area contributed by atoms with E-state index in [2.05, 4.69) is 6.07 Å². The molecule has 0 aromatic heterocycles. The van der Waals surface area contributed by atoms with E-state index < -0.39 is 0 Å². The minimum atomic E-state index is -0.201. The van der Waals surface area contributed by atoms with Crippen molar-refractivity contribution in [3.05, 3.63) is 66.7 Å². The minimum Gasteiger partial charge on any atom is -0.494 e. The van der Waals surface area contributed by atoms with Gasteiger partial charge >= 0.3 is 0 Å². The number of amides is 1. The number of carbonyl (C=O) groups excluding carboxylic acids is 1. The third-order valence-corrected chi connectivity index (χ3v) is 4.29. The van der Waals surface area contributed by atoms with Gasteiger partial charge in [-0.3, -0.25) is 4.79 Å². The second kappa shape index (κ2) is 9.43. The third kappa shape index (κ3) is 4.80. The first-order chi connectivity index (χ1) is 13.7. The van der Waals surface area contributed by atoms with Gasteiger partial charge in [0.2, 0.25) is 0 Å². The fourth-order valence-electron chi connectivity index (χ4n) is 2.93. The maximum Gasteiger partial charge on any atom is 0.264 e. The highest BCUT2D eigenvalue weighted by Crippen LogP contribution is 2.22. The molecule has 0 fully saturated rings. The third-order valence-electron chi connectivity index (χ3n) is 4.29. The minimum absolute atomic E-state index is 0.100. The van der Waals surface area contributed by atoms with Gasteiger partial charge in [-0.1, -0.05) is 30.3 Å². The number of fused-ring (bicyclic) bond motifs is 1. The van der Waals surface area contributed by atoms with E-state index in [4.69, 9.17) is 14.7 Å². The molecule has 0 radical (unpaired) electrons. The van der Waals surface area contributed by atoms with E-state index in [1.807, 2.05) is 73.7 Å². The van der Waals surface area contributed by atoms with Crippen LogP contribution in [0.1, 0.15) is 13.3 Å². The van der Waals surface area contributed by atoms with Crippen molar-refractivity contribution in [2.75, 3.05) is 24.7 Å². The number of ether oxygens (including phenoxy) is 2. The van der Waals surface area contributed by atoms with Gasteiger partial charge in [-0.2, -0.15) is 5.26 Å². The Morgan fingerprint density at radius 1 is 0.964 bits per heavy atom. The standard InChI is InChI=1S/C23H22N2O3/c1-2-27-21-12-9-20(10-13-21)25(15-5-14-24)23(26)17-28-22-11-8-18-6-3-4-7-19(18)16-22/h3-4,6-13,16H,2,5,15,17H2,1H3. The first-order valence-electron chi connectivity index (χ1n) is 9.23. The molecule has 0 spiro atoms. The van der Waals surface area contributed by atoms with Gasteiger partial charge in [0.05, 0.1) is 19.1 Å². The summed E-state index contributed by atoms with van der Waals surface area (Å²) in [7, 11) is 0. The molecule has 1 amide bonds. The van der Waals surface area contributed by atoms with Crippen molar-refractivity contribution in [3.63, 3.8) is 0 Å². The molecule has 0 aliphatic heterocycles. The molecule has 3 aromatic rings. The number of benzene rings is 3. The van der Waals surface area contributed by atoms with Gasteiger partial charge in [0, 0.05) is 12.2 Å². The zero-order chi connectivity index (χ0) is 19.8. The number of hydrogen-bond donors (Lipinski definition) is 0. The molecule has 0 unspecified atom stereocenters. The summed E-state index contributed by atoms with van der Waals surface area (Å²) in [5.41, 5.74) is 0.714. The summed E-state index contributed by atoms with van der Waals surface area (Å²) in [6.07, 6.45) is 0.245. The summed E-state index contributed by atoms with van der Waals surface area (Å²) < 4.78 is 11.2. The maximum atomic E-state index is 12.8. The van der Waals surface area contributed by atoms with Gasteiger partial charge in [0.25, 0.3) is 5.91 Å². The topological polar surface area (TPSA) is 62.6 Å². The first-order valence-corrected chi connectivity index (χ1v) is 9.23.